The Hall–Kier alpha value is -1.10. The van der Waals surface area contributed by atoms with Crippen LogP contribution in [-0.4, -0.2) is 29.1 Å². The molecule has 0 bridgehead atoms. The van der Waals surface area contributed by atoms with Crippen molar-refractivity contribution in [3.8, 4) is 0 Å². The fourth-order valence-electron chi connectivity index (χ4n) is 1.44. The molecule has 13 heavy (non-hydrogen) atoms. The summed E-state index contributed by atoms with van der Waals surface area (Å²) in [7, 11) is 0. The van der Waals surface area contributed by atoms with Crippen LogP contribution in [0.5, 0.6) is 0 Å². The van der Waals surface area contributed by atoms with Gasteiger partial charge in [-0.2, -0.15) is 0 Å². The lowest BCUT2D eigenvalue weighted by molar-refractivity contribution is -0.143. The lowest BCUT2D eigenvalue weighted by Gasteiger charge is -2.21. The zero-order chi connectivity index (χ0) is 10.1. The maximum Gasteiger partial charge on any atom is 0.323 e. The maximum atomic E-state index is 11.1. The summed E-state index contributed by atoms with van der Waals surface area (Å²) >= 11 is 0. The van der Waals surface area contributed by atoms with Gasteiger partial charge in [-0.3, -0.25) is 9.59 Å². The minimum Gasteiger partial charge on any atom is -0.480 e. The van der Waals surface area contributed by atoms with E-state index in [0.717, 1.165) is 0 Å². The van der Waals surface area contributed by atoms with Gasteiger partial charge in [0.25, 0.3) is 0 Å². The molecule has 74 valence electrons. The molecule has 5 nitrogen and oxygen atoms in total. The summed E-state index contributed by atoms with van der Waals surface area (Å²) in [4.78, 5) is 21.8. The molecule has 0 saturated carbocycles. The molecule has 0 aromatic rings. The van der Waals surface area contributed by atoms with Gasteiger partial charge in [-0.15, -0.1) is 0 Å². The Labute approximate surface area is 76.3 Å². The van der Waals surface area contributed by atoms with Gasteiger partial charge in [-0.25, -0.2) is 0 Å². The molecule has 1 fully saturated rings. The number of carboxylic acid groups (broad SMARTS) is 1. The lowest BCUT2D eigenvalue weighted by atomic mass is 9.89. The average molecular weight is 186 g/mol. The van der Waals surface area contributed by atoms with Gasteiger partial charge in [0.1, 0.15) is 5.54 Å². The second-order valence-corrected chi connectivity index (χ2v) is 3.70. The number of carbonyl (C=O) groups is 2. The smallest absolute Gasteiger partial charge is 0.323 e. The number of hydrogen-bond donors (Lipinski definition) is 3. The Morgan fingerprint density at radius 3 is 2.85 bits per heavy atom. The largest absolute Gasteiger partial charge is 0.480 e. The van der Waals surface area contributed by atoms with Crippen molar-refractivity contribution in [2.75, 3.05) is 6.54 Å². The van der Waals surface area contributed by atoms with Crippen molar-refractivity contribution in [3.63, 3.8) is 0 Å². The number of nitrogens with two attached hydrogens (primary N) is 1. The summed E-state index contributed by atoms with van der Waals surface area (Å²) in [5, 5.41) is 11.4. The predicted molar refractivity (Wildman–Crippen MR) is 46.0 cm³/mol. The number of amides is 1. The third-order valence-corrected chi connectivity index (χ3v) is 2.32. The minimum absolute atomic E-state index is 0.0853. The lowest BCUT2D eigenvalue weighted by Crippen LogP contribution is -2.47. The Kier molecular flexibility index (Phi) is 2.56. The van der Waals surface area contributed by atoms with Crippen LogP contribution in [0.1, 0.15) is 19.8 Å². The van der Waals surface area contributed by atoms with Crippen molar-refractivity contribution in [2.24, 2.45) is 11.7 Å². The van der Waals surface area contributed by atoms with Crippen LogP contribution in [0.2, 0.25) is 0 Å². The van der Waals surface area contributed by atoms with Crippen molar-refractivity contribution >= 4 is 11.9 Å². The molecule has 1 heterocycles. The molecule has 2 unspecified atom stereocenters. The minimum atomic E-state index is -1.30. The Balaban J connectivity index is 2.57. The van der Waals surface area contributed by atoms with Crippen LogP contribution in [0.25, 0.3) is 0 Å². The fourth-order valence-corrected chi connectivity index (χ4v) is 1.44. The van der Waals surface area contributed by atoms with Crippen molar-refractivity contribution in [1.82, 2.24) is 5.32 Å². The van der Waals surface area contributed by atoms with E-state index in [1.165, 1.54) is 6.92 Å². The van der Waals surface area contributed by atoms with Gasteiger partial charge in [-0.1, -0.05) is 0 Å². The first-order valence-corrected chi connectivity index (χ1v) is 4.23. The van der Waals surface area contributed by atoms with Crippen LogP contribution < -0.4 is 11.1 Å². The van der Waals surface area contributed by atoms with Gasteiger partial charge in [0.2, 0.25) is 5.91 Å². The SMILES string of the molecule is CC(N)(CC1CCNC1=O)C(=O)O. The highest BCUT2D eigenvalue weighted by molar-refractivity contribution is 5.83. The van der Waals surface area contributed by atoms with Gasteiger partial charge in [0.05, 0.1) is 0 Å². The number of rotatable bonds is 3. The first kappa shape index (κ1) is 9.98. The monoisotopic (exact) mass is 186 g/mol. The molecule has 1 rings (SSSR count). The van der Waals surface area contributed by atoms with E-state index in [9.17, 15) is 9.59 Å². The molecule has 2 atom stereocenters. The van der Waals surface area contributed by atoms with Crippen LogP contribution in [-0.2, 0) is 9.59 Å². The van der Waals surface area contributed by atoms with E-state index in [-0.39, 0.29) is 18.2 Å². The van der Waals surface area contributed by atoms with Crippen molar-refractivity contribution in [3.05, 3.63) is 0 Å². The summed E-state index contributed by atoms with van der Waals surface area (Å²) in [6.07, 6.45) is 0.882. The van der Waals surface area contributed by atoms with E-state index < -0.39 is 11.5 Å². The molecular formula is C8H14N2O3. The molecule has 5 heteroatoms. The average Bonchev–Trinajstić information content (AvgIpc) is 2.35. The molecule has 1 aliphatic rings. The Morgan fingerprint density at radius 2 is 2.46 bits per heavy atom. The summed E-state index contributed by atoms with van der Waals surface area (Å²) in [5.41, 5.74) is 4.22. The zero-order valence-electron chi connectivity index (χ0n) is 7.54. The van der Waals surface area contributed by atoms with Crippen molar-refractivity contribution in [1.29, 1.82) is 0 Å². The standard InChI is InChI=1S/C8H14N2O3/c1-8(9,7(12)13)4-5-2-3-10-6(5)11/h5H,2-4,9H2,1H3,(H,10,11)(H,12,13). The third kappa shape index (κ3) is 2.18. The second-order valence-electron chi connectivity index (χ2n) is 3.70. The maximum absolute atomic E-state index is 11.1. The van der Waals surface area contributed by atoms with E-state index in [1.54, 1.807) is 0 Å². The molecule has 0 spiro atoms. The number of carboxylic acids is 1. The van der Waals surface area contributed by atoms with Crippen LogP contribution in [0, 0.1) is 5.92 Å². The first-order valence-electron chi connectivity index (χ1n) is 4.23. The second kappa shape index (κ2) is 3.33. The van der Waals surface area contributed by atoms with Gasteiger partial charge < -0.3 is 16.2 Å². The number of carbonyl (C=O) groups excluding carboxylic acids is 1. The fraction of sp³-hybridized carbons (Fsp3) is 0.750. The summed E-state index contributed by atoms with van der Waals surface area (Å²) in [6, 6.07) is 0. The third-order valence-electron chi connectivity index (χ3n) is 2.32. The number of hydrogen-bond acceptors (Lipinski definition) is 3. The highest BCUT2D eigenvalue weighted by Gasteiger charge is 2.36. The summed E-state index contributed by atoms with van der Waals surface area (Å²) in [6.45, 7) is 2.06. The molecule has 1 saturated heterocycles. The molecule has 0 aromatic heterocycles. The molecule has 4 N–H and O–H groups in total. The summed E-state index contributed by atoms with van der Waals surface area (Å²) in [5.74, 6) is -1.39. The topological polar surface area (TPSA) is 92.4 Å². The zero-order valence-corrected chi connectivity index (χ0v) is 7.54. The van der Waals surface area contributed by atoms with E-state index in [4.69, 9.17) is 10.8 Å². The van der Waals surface area contributed by atoms with Gasteiger partial charge in [-0.05, 0) is 19.8 Å². The van der Waals surface area contributed by atoms with E-state index >= 15 is 0 Å². The quantitative estimate of drug-likeness (QED) is 0.544. The first-order chi connectivity index (χ1) is 5.93. The van der Waals surface area contributed by atoms with Crippen molar-refractivity contribution in [2.45, 2.75) is 25.3 Å². The van der Waals surface area contributed by atoms with E-state index in [1.807, 2.05) is 0 Å². The van der Waals surface area contributed by atoms with Gasteiger partial charge in [0.15, 0.2) is 0 Å². The highest BCUT2D eigenvalue weighted by atomic mass is 16.4. The molecule has 1 amide bonds. The summed E-state index contributed by atoms with van der Waals surface area (Å²) < 4.78 is 0. The van der Waals surface area contributed by atoms with Gasteiger partial charge >= 0.3 is 5.97 Å². The Bertz CT molecular complexity index is 238. The van der Waals surface area contributed by atoms with Crippen LogP contribution in [0.4, 0.5) is 0 Å². The van der Waals surface area contributed by atoms with Crippen molar-refractivity contribution < 1.29 is 14.7 Å². The molecule has 0 radical (unpaired) electrons. The highest BCUT2D eigenvalue weighted by Crippen LogP contribution is 2.20. The van der Waals surface area contributed by atoms with Crippen LogP contribution >= 0.6 is 0 Å². The normalized spacial score (nSPS) is 26.6. The van der Waals surface area contributed by atoms with E-state index in [2.05, 4.69) is 5.32 Å². The van der Waals surface area contributed by atoms with Crippen LogP contribution in [0.3, 0.4) is 0 Å². The molecule has 1 aliphatic heterocycles. The number of nitrogens with one attached hydrogen (secondary N) is 1. The number of aliphatic carboxylic acids is 1. The molecule has 0 aliphatic carbocycles. The van der Waals surface area contributed by atoms with E-state index in [0.29, 0.717) is 13.0 Å². The molecular weight excluding hydrogens is 172 g/mol. The molecule has 0 aromatic carbocycles. The van der Waals surface area contributed by atoms with Crippen LogP contribution in [0.15, 0.2) is 0 Å². The Morgan fingerprint density at radius 1 is 1.85 bits per heavy atom. The predicted octanol–water partition coefficient (Wildman–Crippen LogP) is -0.685. The van der Waals surface area contributed by atoms with Gasteiger partial charge in [0, 0.05) is 12.5 Å².